The van der Waals surface area contributed by atoms with Gasteiger partial charge in [-0.05, 0) is 44.3 Å². The van der Waals surface area contributed by atoms with Gasteiger partial charge in [0.25, 0.3) is 0 Å². The number of benzene rings is 1. The zero-order valence-electron chi connectivity index (χ0n) is 12.8. The van der Waals surface area contributed by atoms with Crippen molar-refractivity contribution in [3.05, 3.63) is 35.9 Å². The second-order valence-electron chi connectivity index (χ2n) is 6.06. The Hall–Kier alpha value is -0.860. The molecular weight excluding hydrogens is 244 g/mol. The highest BCUT2D eigenvalue weighted by atomic mass is 15.1. The minimum atomic E-state index is 0.799. The maximum Gasteiger partial charge on any atom is 0.00953 e. The molecule has 0 atom stereocenters. The summed E-state index contributed by atoms with van der Waals surface area (Å²) < 4.78 is 0. The zero-order chi connectivity index (χ0) is 14.0. The minimum Gasteiger partial charge on any atom is -0.330 e. The zero-order valence-corrected chi connectivity index (χ0v) is 12.8. The van der Waals surface area contributed by atoms with E-state index in [9.17, 15) is 0 Å². The van der Waals surface area contributed by atoms with Crippen LogP contribution in [0.15, 0.2) is 30.3 Å². The van der Waals surface area contributed by atoms with Crippen LogP contribution in [0.5, 0.6) is 0 Å². The van der Waals surface area contributed by atoms with Crippen LogP contribution < -0.4 is 5.73 Å². The van der Waals surface area contributed by atoms with Gasteiger partial charge in [0.15, 0.2) is 0 Å². The summed E-state index contributed by atoms with van der Waals surface area (Å²) in [6.45, 7) is 3.18. The van der Waals surface area contributed by atoms with E-state index in [1.165, 1.54) is 63.6 Å². The van der Waals surface area contributed by atoms with Crippen molar-refractivity contribution < 1.29 is 0 Å². The second-order valence-corrected chi connectivity index (χ2v) is 6.06. The molecule has 0 bridgehead atoms. The van der Waals surface area contributed by atoms with Crippen molar-refractivity contribution in [3.8, 4) is 0 Å². The molecule has 1 aliphatic carbocycles. The van der Waals surface area contributed by atoms with Crippen molar-refractivity contribution >= 4 is 0 Å². The number of nitrogens with zero attached hydrogens (tertiary/aromatic N) is 1. The molecule has 2 rings (SSSR count). The van der Waals surface area contributed by atoms with Crippen LogP contribution in [0.3, 0.4) is 0 Å². The molecule has 1 fully saturated rings. The minimum absolute atomic E-state index is 0.799. The molecule has 0 radical (unpaired) electrons. The van der Waals surface area contributed by atoms with Crippen LogP contribution in [0.1, 0.15) is 50.5 Å². The van der Waals surface area contributed by atoms with Crippen molar-refractivity contribution in [1.29, 1.82) is 0 Å². The van der Waals surface area contributed by atoms with E-state index in [2.05, 4.69) is 35.2 Å². The van der Waals surface area contributed by atoms with Crippen LogP contribution in [0.4, 0.5) is 0 Å². The summed E-state index contributed by atoms with van der Waals surface area (Å²) in [7, 11) is 0. The molecular formula is C18H30N2. The Morgan fingerprint density at radius 2 is 1.65 bits per heavy atom. The summed E-state index contributed by atoms with van der Waals surface area (Å²) in [6.07, 6.45) is 10.8. The lowest BCUT2D eigenvalue weighted by atomic mass is 10.1. The molecule has 1 aliphatic rings. The number of hydrogen-bond acceptors (Lipinski definition) is 2. The Bertz CT molecular complexity index is 342. The smallest absolute Gasteiger partial charge is 0.00953 e. The molecule has 1 aromatic carbocycles. The fraction of sp³-hybridized carbons (Fsp3) is 0.667. The van der Waals surface area contributed by atoms with Gasteiger partial charge >= 0.3 is 0 Å². The molecule has 1 saturated carbocycles. The number of nitrogens with two attached hydrogens (primary N) is 1. The second kappa shape index (κ2) is 9.15. The number of rotatable bonds is 7. The van der Waals surface area contributed by atoms with Crippen molar-refractivity contribution in [1.82, 2.24) is 4.90 Å². The van der Waals surface area contributed by atoms with Crippen molar-refractivity contribution in [3.63, 3.8) is 0 Å². The first kappa shape index (κ1) is 15.5. The fourth-order valence-corrected chi connectivity index (χ4v) is 3.31. The molecule has 0 heterocycles. The Kier molecular flexibility index (Phi) is 7.10. The van der Waals surface area contributed by atoms with E-state index in [1.807, 2.05) is 0 Å². The predicted octanol–water partition coefficient (Wildman–Crippen LogP) is 3.60. The quantitative estimate of drug-likeness (QED) is 0.770. The van der Waals surface area contributed by atoms with E-state index in [-0.39, 0.29) is 0 Å². The van der Waals surface area contributed by atoms with Crippen molar-refractivity contribution in [2.24, 2.45) is 5.73 Å². The van der Waals surface area contributed by atoms with E-state index in [1.54, 1.807) is 0 Å². The van der Waals surface area contributed by atoms with Gasteiger partial charge in [-0.25, -0.2) is 0 Å². The standard InChI is InChI=1S/C18H30N2/c19-14-8-15-20(18-11-6-1-2-7-12-18)16-13-17-9-4-3-5-10-17/h3-5,9-10,18H,1-2,6-8,11-16,19H2. The molecule has 20 heavy (non-hydrogen) atoms. The Labute approximate surface area is 124 Å². The lowest BCUT2D eigenvalue weighted by Crippen LogP contribution is -2.38. The summed E-state index contributed by atoms with van der Waals surface area (Å²) in [5.41, 5.74) is 7.18. The van der Waals surface area contributed by atoms with E-state index in [0.717, 1.165) is 19.0 Å². The molecule has 0 aromatic heterocycles. The molecule has 2 heteroatoms. The van der Waals surface area contributed by atoms with E-state index in [4.69, 9.17) is 5.73 Å². The van der Waals surface area contributed by atoms with Gasteiger partial charge in [0.1, 0.15) is 0 Å². The van der Waals surface area contributed by atoms with E-state index < -0.39 is 0 Å². The third-order valence-electron chi connectivity index (χ3n) is 4.52. The molecule has 0 amide bonds. The SMILES string of the molecule is NCCCN(CCc1ccccc1)C1CCCCCC1. The van der Waals surface area contributed by atoms with Gasteiger partial charge in [-0.3, -0.25) is 0 Å². The molecule has 112 valence electrons. The summed E-state index contributed by atoms with van der Waals surface area (Å²) >= 11 is 0. The van der Waals surface area contributed by atoms with Gasteiger partial charge < -0.3 is 10.6 Å². The lowest BCUT2D eigenvalue weighted by molar-refractivity contribution is 0.179. The molecule has 0 spiro atoms. The van der Waals surface area contributed by atoms with Crippen LogP contribution in [0.25, 0.3) is 0 Å². The highest BCUT2D eigenvalue weighted by molar-refractivity contribution is 5.14. The van der Waals surface area contributed by atoms with Crippen molar-refractivity contribution in [2.75, 3.05) is 19.6 Å². The molecule has 2 nitrogen and oxygen atoms in total. The maximum atomic E-state index is 5.72. The van der Waals surface area contributed by atoms with Gasteiger partial charge in [-0.1, -0.05) is 56.0 Å². The Morgan fingerprint density at radius 1 is 0.950 bits per heavy atom. The Balaban J connectivity index is 1.88. The molecule has 0 saturated heterocycles. The average molecular weight is 274 g/mol. The third kappa shape index (κ3) is 5.26. The van der Waals surface area contributed by atoms with E-state index >= 15 is 0 Å². The van der Waals surface area contributed by atoms with Gasteiger partial charge in [0, 0.05) is 12.6 Å². The first-order chi connectivity index (χ1) is 9.90. The fourth-order valence-electron chi connectivity index (χ4n) is 3.31. The van der Waals surface area contributed by atoms with Crippen LogP contribution in [0, 0.1) is 0 Å². The summed E-state index contributed by atoms with van der Waals surface area (Å²) in [5.74, 6) is 0. The number of hydrogen-bond donors (Lipinski definition) is 1. The van der Waals surface area contributed by atoms with Crippen LogP contribution in [-0.2, 0) is 6.42 Å². The normalized spacial score (nSPS) is 17.3. The molecule has 1 aromatic rings. The van der Waals surface area contributed by atoms with Crippen LogP contribution >= 0.6 is 0 Å². The largest absolute Gasteiger partial charge is 0.330 e. The van der Waals surface area contributed by atoms with Crippen molar-refractivity contribution in [2.45, 2.75) is 57.4 Å². The summed E-state index contributed by atoms with van der Waals surface area (Å²) in [6, 6.07) is 11.7. The van der Waals surface area contributed by atoms with Crippen LogP contribution in [-0.4, -0.2) is 30.6 Å². The van der Waals surface area contributed by atoms with Gasteiger partial charge in [0.05, 0.1) is 0 Å². The highest BCUT2D eigenvalue weighted by Gasteiger charge is 2.19. The predicted molar refractivity (Wildman–Crippen MR) is 86.9 cm³/mol. The molecule has 0 aliphatic heterocycles. The first-order valence-electron chi connectivity index (χ1n) is 8.38. The van der Waals surface area contributed by atoms with Gasteiger partial charge in [0.2, 0.25) is 0 Å². The summed E-state index contributed by atoms with van der Waals surface area (Å²) in [4.78, 5) is 2.71. The van der Waals surface area contributed by atoms with E-state index in [0.29, 0.717) is 0 Å². The topological polar surface area (TPSA) is 29.3 Å². The summed E-state index contributed by atoms with van der Waals surface area (Å²) in [5, 5.41) is 0. The highest BCUT2D eigenvalue weighted by Crippen LogP contribution is 2.22. The average Bonchev–Trinajstić information content (AvgIpc) is 2.78. The molecule has 0 unspecified atom stereocenters. The van der Waals surface area contributed by atoms with Gasteiger partial charge in [-0.2, -0.15) is 0 Å². The monoisotopic (exact) mass is 274 g/mol. The maximum absolute atomic E-state index is 5.72. The third-order valence-corrected chi connectivity index (χ3v) is 4.52. The van der Waals surface area contributed by atoms with Gasteiger partial charge in [-0.15, -0.1) is 0 Å². The first-order valence-corrected chi connectivity index (χ1v) is 8.38. The van der Waals surface area contributed by atoms with Crippen LogP contribution in [0.2, 0.25) is 0 Å². The molecule has 2 N–H and O–H groups in total. The Morgan fingerprint density at radius 3 is 2.30 bits per heavy atom. The lowest BCUT2D eigenvalue weighted by Gasteiger charge is -2.31.